The molecule has 0 fully saturated rings. The Hall–Kier alpha value is -2.20. The third-order valence-corrected chi connectivity index (χ3v) is 3.31. The van der Waals surface area contributed by atoms with Crippen molar-refractivity contribution in [2.75, 3.05) is 0 Å². The van der Waals surface area contributed by atoms with Crippen LogP contribution >= 0.6 is 0 Å². The van der Waals surface area contributed by atoms with Gasteiger partial charge in [0, 0.05) is 25.0 Å². The van der Waals surface area contributed by atoms with Gasteiger partial charge in [0.2, 0.25) is 0 Å². The molecule has 1 N–H and O–H groups in total. The first-order chi connectivity index (χ1) is 10.6. The standard InChI is InChI=1S/C18H18FNO2.ClH/c19-17-8-6-15(7-9-17)4-5-16-10-13-20(14-11-16)12-2-1-3-18(21)22;/h4-11,13-14H,1-3,12H2;1H/b5-4-;. The summed E-state index contributed by atoms with van der Waals surface area (Å²) >= 11 is 0. The van der Waals surface area contributed by atoms with Crippen molar-refractivity contribution < 1.29 is 31.3 Å². The quantitative estimate of drug-likeness (QED) is 0.593. The number of rotatable bonds is 7. The van der Waals surface area contributed by atoms with Gasteiger partial charge in [0.05, 0.1) is 0 Å². The normalized spacial score (nSPS) is 10.5. The topological polar surface area (TPSA) is 41.2 Å². The van der Waals surface area contributed by atoms with Gasteiger partial charge in [-0.25, -0.2) is 8.96 Å². The summed E-state index contributed by atoms with van der Waals surface area (Å²) in [5.41, 5.74) is 2.01. The number of hydrogen-bond donors (Lipinski definition) is 1. The minimum Gasteiger partial charge on any atom is -1.00 e. The lowest BCUT2D eigenvalue weighted by Gasteiger charge is -1.98. The van der Waals surface area contributed by atoms with E-state index in [1.54, 1.807) is 12.1 Å². The fourth-order valence-electron chi connectivity index (χ4n) is 2.07. The fourth-order valence-corrected chi connectivity index (χ4v) is 2.07. The van der Waals surface area contributed by atoms with Gasteiger partial charge in [-0.2, -0.15) is 0 Å². The molecule has 1 aromatic heterocycles. The Morgan fingerprint density at radius 2 is 1.57 bits per heavy atom. The van der Waals surface area contributed by atoms with E-state index in [0.29, 0.717) is 6.42 Å². The number of aromatic nitrogens is 1. The van der Waals surface area contributed by atoms with Crippen LogP contribution in [0.3, 0.4) is 0 Å². The Morgan fingerprint density at radius 1 is 1.00 bits per heavy atom. The molecule has 0 aliphatic carbocycles. The smallest absolute Gasteiger partial charge is 0.303 e. The van der Waals surface area contributed by atoms with E-state index in [-0.39, 0.29) is 24.6 Å². The number of hydrogen-bond acceptors (Lipinski definition) is 1. The molecule has 1 heterocycles. The number of pyridine rings is 1. The van der Waals surface area contributed by atoms with Gasteiger partial charge in [0.15, 0.2) is 12.4 Å². The summed E-state index contributed by atoms with van der Waals surface area (Å²) in [5.74, 6) is -0.980. The van der Waals surface area contributed by atoms with Gasteiger partial charge in [0.1, 0.15) is 12.4 Å². The van der Waals surface area contributed by atoms with Crippen molar-refractivity contribution in [3.63, 3.8) is 0 Å². The summed E-state index contributed by atoms with van der Waals surface area (Å²) in [4.78, 5) is 10.4. The zero-order chi connectivity index (χ0) is 15.8. The van der Waals surface area contributed by atoms with Crippen molar-refractivity contribution in [3.05, 3.63) is 65.7 Å². The highest BCUT2D eigenvalue weighted by molar-refractivity contribution is 5.69. The number of halogens is 2. The van der Waals surface area contributed by atoms with E-state index < -0.39 is 5.97 Å². The molecule has 0 unspecified atom stereocenters. The summed E-state index contributed by atoms with van der Waals surface area (Å²) in [6, 6.07) is 10.3. The molecule has 0 radical (unpaired) electrons. The van der Waals surface area contributed by atoms with Crippen LogP contribution in [-0.4, -0.2) is 11.1 Å². The fraction of sp³-hybridized carbons (Fsp3) is 0.222. The predicted molar refractivity (Wildman–Crippen MR) is 83.5 cm³/mol. The van der Waals surface area contributed by atoms with Crippen LogP contribution in [0.2, 0.25) is 0 Å². The second kappa shape index (κ2) is 9.74. The lowest BCUT2D eigenvalue weighted by molar-refractivity contribution is -0.697. The zero-order valence-electron chi connectivity index (χ0n) is 12.7. The molecule has 0 spiro atoms. The van der Waals surface area contributed by atoms with E-state index in [2.05, 4.69) is 0 Å². The summed E-state index contributed by atoms with van der Waals surface area (Å²) in [5, 5.41) is 8.58. The zero-order valence-corrected chi connectivity index (χ0v) is 13.4. The molecule has 3 nitrogen and oxygen atoms in total. The molecule has 0 amide bonds. The van der Waals surface area contributed by atoms with Gasteiger partial charge < -0.3 is 17.5 Å². The number of nitrogens with zero attached hydrogens (tertiary/aromatic N) is 1. The van der Waals surface area contributed by atoms with Crippen molar-refractivity contribution in [2.45, 2.75) is 25.8 Å². The second-order valence-electron chi connectivity index (χ2n) is 5.11. The summed E-state index contributed by atoms with van der Waals surface area (Å²) in [6.45, 7) is 0.815. The molecule has 0 saturated heterocycles. The predicted octanol–water partition coefficient (Wildman–Crippen LogP) is 0.542. The maximum Gasteiger partial charge on any atom is 0.303 e. The lowest BCUT2D eigenvalue weighted by Crippen LogP contribution is -3.00. The number of aryl methyl sites for hydroxylation is 1. The van der Waals surface area contributed by atoms with E-state index in [0.717, 1.165) is 24.1 Å². The largest absolute Gasteiger partial charge is 1.00 e. The van der Waals surface area contributed by atoms with Crippen LogP contribution in [0, 0.1) is 5.82 Å². The Labute approximate surface area is 141 Å². The molecule has 0 aliphatic heterocycles. The molecule has 0 saturated carbocycles. The third-order valence-electron chi connectivity index (χ3n) is 3.31. The summed E-state index contributed by atoms with van der Waals surface area (Å²) in [6.07, 6.45) is 9.62. The Balaban J connectivity index is 0.00000264. The van der Waals surface area contributed by atoms with Gasteiger partial charge in [-0.3, -0.25) is 4.79 Å². The van der Waals surface area contributed by atoms with Crippen LogP contribution < -0.4 is 17.0 Å². The van der Waals surface area contributed by atoms with Crippen LogP contribution in [0.15, 0.2) is 48.8 Å². The van der Waals surface area contributed by atoms with Crippen LogP contribution in [0.5, 0.6) is 0 Å². The number of aliphatic carboxylic acids is 1. The van der Waals surface area contributed by atoms with Gasteiger partial charge in [-0.05, 0) is 29.7 Å². The van der Waals surface area contributed by atoms with E-state index >= 15 is 0 Å². The Morgan fingerprint density at radius 3 is 2.13 bits per heavy atom. The SMILES string of the molecule is O=C(O)CCCC[n+]1ccc(/C=C\c2ccc(F)cc2)cc1.[Cl-]. The molecule has 23 heavy (non-hydrogen) atoms. The van der Waals surface area contributed by atoms with Gasteiger partial charge in [-0.1, -0.05) is 24.3 Å². The summed E-state index contributed by atoms with van der Waals surface area (Å²) < 4.78 is 14.8. The lowest BCUT2D eigenvalue weighted by atomic mass is 10.1. The van der Waals surface area contributed by atoms with Crippen molar-refractivity contribution >= 4 is 18.1 Å². The van der Waals surface area contributed by atoms with E-state index in [4.69, 9.17) is 5.11 Å². The number of carboxylic acids is 1. The molecular weight excluding hydrogens is 317 g/mol. The molecule has 0 aliphatic rings. The van der Waals surface area contributed by atoms with E-state index in [9.17, 15) is 9.18 Å². The number of benzene rings is 1. The average molecular weight is 336 g/mol. The van der Waals surface area contributed by atoms with Crippen LogP contribution in [-0.2, 0) is 11.3 Å². The van der Waals surface area contributed by atoms with Crippen molar-refractivity contribution in [3.8, 4) is 0 Å². The number of carboxylic acid groups (broad SMARTS) is 1. The van der Waals surface area contributed by atoms with Crippen LogP contribution in [0.1, 0.15) is 30.4 Å². The molecule has 1 aromatic carbocycles. The van der Waals surface area contributed by atoms with Crippen molar-refractivity contribution in [2.24, 2.45) is 0 Å². The minimum absolute atomic E-state index is 0. The highest BCUT2D eigenvalue weighted by Crippen LogP contribution is 2.08. The minimum atomic E-state index is -0.744. The first kappa shape index (κ1) is 18.8. The molecule has 5 heteroatoms. The van der Waals surface area contributed by atoms with Crippen LogP contribution in [0.25, 0.3) is 12.2 Å². The van der Waals surface area contributed by atoms with Gasteiger partial charge in [0.25, 0.3) is 0 Å². The molecule has 2 rings (SSSR count). The van der Waals surface area contributed by atoms with Gasteiger partial charge >= 0.3 is 5.97 Å². The Kier molecular flexibility index (Phi) is 7.98. The second-order valence-corrected chi connectivity index (χ2v) is 5.11. The van der Waals surface area contributed by atoms with Gasteiger partial charge in [-0.15, -0.1) is 0 Å². The first-order valence-corrected chi connectivity index (χ1v) is 7.28. The third kappa shape index (κ3) is 7.06. The summed E-state index contributed by atoms with van der Waals surface area (Å²) in [7, 11) is 0. The maximum absolute atomic E-state index is 12.8. The van der Waals surface area contributed by atoms with E-state index in [1.165, 1.54) is 12.1 Å². The molecule has 122 valence electrons. The van der Waals surface area contributed by atoms with E-state index in [1.807, 2.05) is 41.2 Å². The number of unbranched alkanes of at least 4 members (excludes halogenated alkanes) is 1. The monoisotopic (exact) mass is 335 g/mol. The Bertz CT molecular complexity index is 639. The first-order valence-electron chi connectivity index (χ1n) is 7.28. The highest BCUT2D eigenvalue weighted by Gasteiger charge is 2.02. The molecule has 0 atom stereocenters. The highest BCUT2D eigenvalue weighted by atomic mass is 35.5. The molecular formula is C18H19ClFNO2. The maximum atomic E-state index is 12.8. The number of carbonyl (C=O) groups is 1. The molecule has 2 aromatic rings. The molecule has 0 bridgehead atoms. The van der Waals surface area contributed by atoms with Crippen molar-refractivity contribution in [1.82, 2.24) is 0 Å². The van der Waals surface area contributed by atoms with Crippen LogP contribution in [0.4, 0.5) is 4.39 Å². The van der Waals surface area contributed by atoms with Crippen molar-refractivity contribution in [1.29, 1.82) is 0 Å². The average Bonchev–Trinajstić information content (AvgIpc) is 2.52.